The molecule has 4 rings (SSSR count). The summed E-state index contributed by atoms with van der Waals surface area (Å²) in [5.74, 6) is 0.303. The van der Waals surface area contributed by atoms with Gasteiger partial charge in [-0.25, -0.2) is 19.3 Å². The number of H-pyrrole nitrogens is 1. The SMILES string of the molecule is C[C@H](Nc1nc(-c2c[nH]c3ncc(Cl)cc23)ncc1F)C(=O)CCCOc1ccccc1. The Bertz CT molecular complexity index is 1230. The highest BCUT2D eigenvalue weighted by Gasteiger charge is 2.18. The average Bonchev–Trinajstić information content (AvgIpc) is 3.21. The molecule has 2 N–H and O–H groups in total. The molecule has 7 nitrogen and oxygen atoms in total. The zero-order chi connectivity index (χ0) is 22.5. The number of aromatic nitrogens is 4. The van der Waals surface area contributed by atoms with Gasteiger partial charge in [0.2, 0.25) is 0 Å². The Kier molecular flexibility index (Phi) is 6.61. The van der Waals surface area contributed by atoms with E-state index in [1.54, 1.807) is 19.2 Å². The van der Waals surface area contributed by atoms with Gasteiger partial charge in [-0.15, -0.1) is 0 Å². The van der Waals surface area contributed by atoms with Gasteiger partial charge in [0.1, 0.15) is 11.4 Å². The highest BCUT2D eigenvalue weighted by molar-refractivity contribution is 6.31. The van der Waals surface area contributed by atoms with Gasteiger partial charge in [-0.1, -0.05) is 29.8 Å². The Labute approximate surface area is 189 Å². The molecule has 0 aliphatic rings. The van der Waals surface area contributed by atoms with Crippen LogP contribution in [0.2, 0.25) is 5.02 Å². The maximum absolute atomic E-state index is 14.3. The molecule has 164 valence electrons. The van der Waals surface area contributed by atoms with Gasteiger partial charge in [0.05, 0.1) is 23.9 Å². The smallest absolute Gasteiger partial charge is 0.183 e. The molecule has 1 atom stereocenters. The van der Waals surface area contributed by atoms with Gasteiger partial charge >= 0.3 is 0 Å². The number of hydrogen-bond acceptors (Lipinski definition) is 6. The fourth-order valence-electron chi connectivity index (χ4n) is 3.22. The third-order valence-electron chi connectivity index (χ3n) is 4.90. The van der Waals surface area contributed by atoms with Crippen LogP contribution >= 0.6 is 11.6 Å². The van der Waals surface area contributed by atoms with Crippen molar-refractivity contribution in [2.75, 3.05) is 11.9 Å². The summed E-state index contributed by atoms with van der Waals surface area (Å²) in [7, 11) is 0. The van der Waals surface area contributed by atoms with E-state index >= 15 is 0 Å². The van der Waals surface area contributed by atoms with Crippen molar-refractivity contribution in [1.29, 1.82) is 0 Å². The second-order valence-corrected chi connectivity index (χ2v) is 7.68. The minimum Gasteiger partial charge on any atom is -0.494 e. The predicted octanol–water partition coefficient (Wildman–Crippen LogP) is 5.04. The maximum Gasteiger partial charge on any atom is 0.183 e. The summed E-state index contributed by atoms with van der Waals surface area (Å²) >= 11 is 6.05. The molecule has 1 aromatic carbocycles. The molecular weight excluding hydrogens is 433 g/mol. The molecule has 0 amide bonds. The molecule has 9 heteroatoms. The van der Waals surface area contributed by atoms with Crippen LogP contribution in [0.25, 0.3) is 22.4 Å². The Hall–Kier alpha value is -3.52. The fraction of sp³-hybridized carbons (Fsp3) is 0.217. The Morgan fingerprint density at radius 3 is 2.88 bits per heavy atom. The van der Waals surface area contributed by atoms with E-state index in [4.69, 9.17) is 16.3 Å². The van der Waals surface area contributed by atoms with Crippen molar-refractivity contribution in [2.24, 2.45) is 0 Å². The van der Waals surface area contributed by atoms with Crippen LogP contribution in [0, 0.1) is 5.82 Å². The minimum atomic E-state index is -0.642. The predicted molar refractivity (Wildman–Crippen MR) is 121 cm³/mol. The standard InChI is InChI=1S/C23H21ClFN5O2/c1-14(20(31)8-5-9-32-16-6-3-2-4-7-16)29-23-19(25)13-28-22(30-23)18-12-27-21-17(18)10-15(24)11-26-21/h2-4,6-7,10-14H,5,8-9H2,1H3,(H,26,27)(H,28,29,30)/t14-/m0/s1. The van der Waals surface area contributed by atoms with Crippen LogP contribution in [0.15, 0.2) is 55.0 Å². The first kappa shape index (κ1) is 21.7. The van der Waals surface area contributed by atoms with E-state index < -0.39 is 11.9 Å². The Balaban J connectivity index is 1.40. The lowest BCUT2D eigenvalue weighted by atomic mass is 10.1. The van der Waals surface area contributed by atoms with Crippen LogP contribution in [-0.2, 0) is 4.79 Å². The van der Waals surface area contributed by atoms with Crippen LogP contribution < -0.4 is 10.1 Å². The zero-order valence-corrected chi connectivity index (χ0v) is 18.1. The van der Waals surface area contributed by atoms with E-state index in [1.165, 1.54) is 6.20 Å². The number of carbonyl (C=O) groups is 1. The molecule has 0 aliphatic carbocycles. The van der Waals surface area contributed by atoms with Crippen LogP contribution in [0.1, 0.15) is 19.8 Å². The summed E-state index contributed by atoms with van der Waals surface area (Å²) < 4.78 is 20.0. The zero-order valence-electron chi connectivity index (χ0n) is 17.3. The van der Waals surface area contributed by atoms with Gasteiger partial charge in [0, 0.05) is 29.8 Å². The lowest BCUT2D eigenvalue weighted by Gasteiger charge is -2.14. The molecule has 0 spiro atoms. The first-order chi connectivity index (χ1) is 15.5. The number of anilines is 1. The Morgan fingerprint density at radius 1 is 1.25 bits per heavy atom. The number of para-hydroxylation sites is 1. The number of benzene rings is 1. The molecule has 0 radical (unpaired) electrons. The molecule has 32 heavy (non-hydrogen) atoms. The number of halogens is 2. The Morgan fingerprint density at radius 2 is 2.06 bits per heavy atom. The molecule has 3 aromatic heterocycles. The van der Waals surface area contributed by atoms with E-state index in [1.807, 2.05) is 30.3 Å². The number of aromatic amines is 1. The van der Waals surface area contributed by atoms with Crippen LogP contribution in [0.5, 0.6) is 5.75 Å². The van der Waals surface area contributed by atoms with E-state index in [-0.39, 0.29) is 11.6 Å². The van der Waals surface area contributed by atoms with Crippen LogP contribution in [-0.4, -0.2) is 38.4 Å². The number of nitrogens with zero attached hydrogens (tertiary/aromatic N) is 3. The molecule has 0 unspecified atom stereocenters. The van der Waals surface area contributed by atoms with Gasteiger partial charge in [0.15, 0.2) is 23.2 Å². The molecule has 0 saturated heterocycles. The van der Waals surface area contributed by atoms with Gasteiger partial charge < -0.3 is 15.0 Å². The molecule has 3 heterocycles. The number of ketones is 1. The highest BCUT2D eigenvalue weighted by Crippen LogP contribution is 2.28. The fourth-order valence-corrected chi connectivity index (χ4v) is 3.37. The third-order valence-corrected chi connectivity index (χ3v) is 5.11. The monoisotopic (exact) mass is 453 g/mol. The molecule has 0 aliphatic heterocycles. The molecule has 0 bridgehead atoms. The van der Waals surface area contributed by atoms with Crippen molar-refractivity contribution in [1.82, 2.24) is 19.9 Å². The number of hydrogen-bond donors (Lipinski definition) is 2. The van der Waals surface area contributed by atoms with Gasteiger partial charge in [-0.2, -0.15) is 0 Å². The summed E-state index contributed by atoms with van der Waals surface area (Å²) in [5.41, 5.74) is 1.25. The lowest BCUT2D eigenvalue weighted by molar-refractivity contribution is -0.119. The summed E-state index contributed by atoms with van der Waals surface area (Å²) in [6.07, 6.45) is 5.15. The summed E-state index contributed by atoms with van der Waals surface area (Å²) in [4.78, 5) is 28.1. The molecular formula is C23H21ClFN5O2. The van der Waals surface area contributed by atoms with Crippen molar-refractivity contribution in [2.45, 2.75) is 25.8 Å². The molecule has 0 saturated carbocycles. The quantitative estimate of drug-likeness (QED) is 0.345. The molecule has 0 fully saturated rings. The van der Waals surface area contributed by atoms with Crippen molar-refractivity contribution in [3.8, 4) is 17.1 Å². The second kappa shape index (κ2) is 9.74. The van der Waals surface area contributed by atoms with E-state index in [0.717, 1.165) is 17.3 Å². The van der Waals surface area contributed by atoms with E-state index in [2.05, 4.69) is 25.3 Å². The van der Waals surface area contributed by atoms with Crippen molar-refractivity contribution in [3.63, 3.8) is 0 Å². The number of rotatable bonds is 9. The number of nitrogens with one attached hydrogen (secondary N) is 2. The number of carbonyl (C=O) groups excluding carboxylic acids is 1. The maximum atomic E-state index is 14.3. The minimum absolute atomic E-state index is 0.0410. The number of pyridine rings is 1. The van der Waals surface area contributed by atoms with Crippen molar-refractivity contribution < 1.29 is 13.9 Å². The van der Waals surface area contributed by atoms with E-state index in [9.17, 15) is 9.18 Å². The van der Waals surface area contributed by atoms with Gasteiger partial charge in [-0.05, 0) is 31.5 Å². The first-order valence-electron chi connectivity index (χ1n) is 10.1. The topological polar surface area (TPSA) is 92.8 Å². The second-order valence-electron chi connectivity index (χ2n) is 7.24. The van der Waals surface area contributed by atoms with Gasteiger partial charge in [0.25, 0.3) is 0 Å². The largest absolute Gasteiger partial charge is 0.494 e. The number of fused-ring (bicyclic) bond motifs is 1. The van der Waals surface area contributed by atoms with E-state index in [0.29, 0.717) is 41.5 Å². The summed E-state index contributed by atoms with van der Waals surface area (Å²) in [6, 6.07) is 10.5. The third kappa shape index (κ3) is 5.03. The van der Waals surface area contributed by atoms with Gasteiger partial charge in [-0.3, -0.25) is 4.79 Å². The van der Waals surface area contributed by atoms with Crippen LogP contribution in [0.3, 0.4) is 0 Å². The summed E-state index contributed by atoms with van der Waals surface area (Å²) in [5, 5.41) is 4.05. The number of ether oxygens (including phenoxy) is 1. The van der Waals surface area contributed by atoms with Crippen molar-refractivity contribution in [3.05, 3.63) is 65.8 Å². The first-order valence-corrected chi connectivity index (χ1v) is 10.5. The summed E-state index contributed by atoms with van der Waals surface area (Å²) in [6.45, 7) is 2.10. The van der Waals surface area contributed by atoms with Crippen LogP contribution in [0.4, 0.5) is 10.2 Å². The number of Topliss-reactive ketones (excluding diaryl/α,β-unsaturated/α-hetero) is 1. The molecule has 4 aromatic rings. The normalized spacial score (nSPS) is 12.0. The highest BCUT2D eigenvalue weighted by atomic mass is 35.5. The average molecular weight is 454 g/mol. The lowest BCUT2D eigenvalue weighted by Crippen LogP contribution is -2.27. The van der Waals surface area contributed by atoms with Crippen molar-refractivity contribution >= 4 is 34.2 Å².